The van der Waals surface area contributed by atoms with E-state index in [1.54, 1.807) is 0 Å². The van der Waals surface area contributed by atoms with Crippen LogP contribution in [0.4, 0.5) is 0 Å². The third-order valence-corrected chi connectivity index (χ3v) is 5.44. The molecule has 0 amide bonds. The molecule has 0 aromatic carbocycles. The van der Waals surface area contributed by atoms with Gasteiger partial charge in [-0.3, -0.25) is 0 Å². The number of ether oxygens (including phenoxy) is 2. The van der Waals surface area contributed by atoms with Gasteiger partial charge in [-0.2, -0.15) is 0 Å². The highest BCUT2D eigenvalue weighted by atomic mass is 79.9. The van der Waals surface area contributed by atoms with E-state index in [9.17, 15) is 0 Å². The zero-order chi connectivity index (χ0) is 11.6. The number of nitrogens with one attached hydrogen (secondary N) is 1. The van der Waals surface area contributed by atoms with Crippen LogP contribution in [0.5, 0.6) is 0 Å². The maximum Gasteiger partial charge on any atom is 0.105 e. The van der Waals surface area contributed by atoms with Crippen molar-refractivity contribution in [2.45, 2.75) is 49.3 Å². The van der Waals surface area contributed by atoms with Crippen LogP contribution in [-0.2, 0) is 9.47 Å². The molecule has 1 N–H and O–H groups in total. The summed E-state index contributed by atoms with van der Waals surface area (Å²) in [7, 11) is 0. The summed E-state index contributed by atoms with van der Waals surface area (Å²) in [5.41, 5.74) is 0. The first-order valence-electron chi connectivity index (χ1n) is 6.02. The number of fused-ring (bicyclic) bond motifs is 4. The van der Waals surface area contributed by atoms with Gasteiger partial charge < -0.3 is 14.8 Å². The second kappa shape index (κ2) is 3.90. The van der Waals surface area contributed by atoms with Crippen molar-refractivity contribution in [2.24, 2.45) is 0 Å². The molecular weight excluding hydrogens is 350 g/mol. The predicted molar refractivity (Wildman–Crippen MR) is 71.3 cm³/mol. The van der Waals surface area contributed by atoms with E-state index in [0.29, 0.717) is 24.3 Å². The van der Waals surface area contributed by atoms with Gasteiger partial charge in [0.05, 0.1) is 12.2 Å². The van der Waals surface area contributed by atoms with E-state index in [1.807, 2.05) is 0 Å². The quantitative estimate of drug-likeness (QED) is 0.817. The second-order valence-corrected chi connectivity index (χ2v) is 6.98. The Morgan fingerprint density at radius 2 is 1.41 bits per heavy atom. The summed E-state index contributed by atoms with van der Waals surface area (Å²) < 4.78 is 14.1. The van der Waals surface area contributed by atoms with Crippen LogP contribution in [0.25, 0.3) is 0 Å². The molecule has 3 nitrogen and oxygen atoms in total. The minimum absolute atomic E-state index is 0.210. The molecule has 5 heteroatoms. The molecule has 3 unspecified atom stereocenters. The highest BCUT2D eigenvalue weighted by Gasteiger charge is 2.46. The third kappa shape index (κ3) is 1.70. The Hall–Kier alpha value is 0.320. The molecule has 0 aromatic rings. The van der Waals surface area contributed by atoms with Crippen molar-refractivity contribution in [1.29, 1.82) is 0 Å². The van der Waals surface area contributed by atoms with Crippen LogP contribution >= 0.6 is 31.9 Å². The monoisotopic (exact) mass is 361 g/mol. The maximum atomic E-state index is 5.85. The smallest absolute Gasteiger partial charge is 0.105 e. The van der Waals surface area contributed by atoms with Gasteiger partial charge in [-0.25, -0.2) is 0 Å². The van der Waals surface area contributed by atoms with Gasteiger partial charge in [0.1, 0.15) is 12.2 Å². The summed E-state index contributed by atoms with van der Waals surface area (Å²) in [6, 6.07) is 0.847. The normalized spacial score (nSPS) is 50.9. The lowest BCUT2D eigenvalue weighted by Crippen LogP contribution is -2.47. The van der Waals surface area contributed by atoms with Crippen molar-refractivity contribution in [3.63, 3.8) is 0 Å². The van der Waals surface area contributed by atoms with Gasteiger partial charge in [-0.05, 0) is 25.0 Å². The van der Waals surface area contributed by atoms with Crippen molar-refractivity contribution < 1.29 is 9.47 Å². The first-order valence-corrected chi connectivity index (χ1v) is 7.61. The van der Waals surface area contributed by atoms with E-state index in [0.717, 1.165) is 12.8 Å². The van der Waals surface area contributed by atoms with Crippen molar-refractivity contribution >= 4 is 31.9 Å². The van der Waals surface area contributed by atoms with E-state index < -0.39 is 0 Å². The lowest BCUT2D eigenvalue weighted by Gasteiger charge is -2.27. The van der Waals surface area contributed by atoms with Gasteiger partial charge in [0, 0.05) is 21.0 Å². The van der Waals surface area contributed by atoms with Crippen LogP contribution in [0.15, 0.2) is 21.1 Å². The fourth-order valence-corrected chi connectivity index (χ4v) is 4.73. The van der Waals surface area contributed by atoms with Gasteiger partial charge >= 0.3 is 0 Å². The van der Waals surface area contributed by atoms with E-state index in [-0.39, 0.29) is 12.2 Å². The van der Waals surface area contributed by atoms with Crippen LogP contribution in [0.2, 0.25) is 0 Å². The number of halogens is 2. The number of rotatable bonds is 2. The third-order valence-electron chi connectivity index (χ3n) is 4.01. The summed E-state index contributed by atoms with van der Waals surface area (Å²) in [5, 5.41) is 3.71. The Morgan fingerprint density at radius 3 is 1.76 bits per heavy atom. The molecule has 4 aliphatic rings. The summed E-state index contributed by atoms with van der Waals surface area (Å²) in [4.78, 5) is 0. The number of hydrogen-bond acceptors (Lipinski definition) is 3. The average molecular weight is 363 g/mol. The lowest BCUT2D eigenvalue weighted by atomic mass is 9.96. The van der Waals surface area contributed by atoms with E-state index in [1.165, 1.54) is 8.96 Å². The molecule has 2 saturated heterocycles. The highest BCUT2D eigenvalue weighted by Crippen LogP contribution is 2.40. The van der Waals surface area contributed by atoms with Crippen molar-refractivity contribution in [3.05, 3.63) is 21.1 Å². The lowest BCUT2D eigenvalue weighted by molar-refractivity contribution is 0.0999. The predicted octanol–water partition coefficient (Wildman–Crippen LogP) is 2.21. The molecule has 4 rings (SSSR count). The minimum atomic E-state index is 0.210. The molecule has 4 bridgehead atoms. The molecule has 0 radical (unpaired) electrons. The molecule has 0 saturated carbocycles. The fourth-order valence-electron chi connectivity index (χ4n) is 3.28. The first kappa shape index (κ1) is 11.2. The molecule has 92 valence electrons. The Labute approximate surface area is 117 Å². The summed E-state index contributed by atoms with van der Waals surface area (Å²) in [5.74, 6) is 0. The van der Waals surface area contributed by atoms with Gasteiger partial charge in [0.2, 0.25) is 0 Å². The summed E-state index contributed by atoms with van der Waals surface area (Å²) in [6.45, 7) is 0. The van der Waals surface area contributed by atoms with E-state index in [2.05, 4.69) is 49.3 Å². The highest BCUT2D eigenvalue weighted by molar-refractivity contribution is 9.12. The SMILES string of the molecule is BrC1=CC2CC(N[C@H]3C[C@H]4C=C(Br)[C@@H]3O4)C1O2. The maximum absolute atomic E-state index is 5.85. The molecule has 17 heavy (non-hydrogen) atoms. The standard InChI is InChI=1S/C12H13Br2NO2/c13-7-1-5-3-9(11(7)16-5)15-10-4-6-2-8(14)12(10)17-6/h1-2,5-6,9-12,15H,3-4H2/t5-,6?,9+,10?,11+,12?/m1/s1. The fraction of sp³-hybridized carbons (Fsp3) is 0.667. The zero-order valence-electron chi connectivity index (χ0n) is 9.11. The van der Waals surface area contributed by atoms with Crippen LogP contribution in [0.1, 0.15) is 12.8 Å². The Bertz CT molecular complexity index is 385. The molecule has 4 heterocycles. The second-order valence-electron chi connectivity index (χ2n) is 5.14. The van der Waals surface area contributed by atoms with E-state index >= 15 is 0 Å². The van der Waals surface area contributed by atoms with Crippen LogP contribution in [0.3, 0.4) is 0 Å². The number of hydrogen-bond donors (Lipinski definition) is 1. The Morgan fingerprint density at radius 1 is 0.941 bits per heavy atom. The largest absolute Gasteiger partial charge is 0.364 e. The van der Waals surface area contributed by atoms with Crippen molar-refractivity contribution in [3.8, 4) is 0 Å². The molecule has 0 aliphatic carbocycles. The molecular formula is C12H13Br2NO2. The molecule has 2 fully saturated rings. The topological polar surface area (TPSA) is 30.5 Å². The van der Waals surface area contributed by atoms with Crippen molar-refractivity contribution in [1.82, 2.24) is 5.32 Å². The molecule has 4 aliphatic heterocycles. The Kier molecular flexibility index (Phi) is 2.57. The average Bonchev–Trinajstić information content (AvgIpc) is 2.96. The summed E-state index contributed by atoms with van der Waals surface area (Å²) in [6.07, 6.45) is 7.52. The first-order chi connectivity index (χ1) is 8.20. The van der Waals surface area contributed by atoms with Crippen molar-refractivity contribution in [2.75, 3.05) is 0 Å². The molecule has 0 spiro atoms. The van der Waals surface area contributed by atoms with Gasteiger partial charge in [-0.1, -0.05) is 31.9 Å². The van der Waals surface area contributed by atoms with Crippen LogP contribution in [0, 0.1) is 0 Å². The molecule has 6 atom stereocenters. The van der Waals surface area contributed by atoms with Gasteiger partial charge in [-0.15, -0.1) is 0 Å². The van der Waals surface area contributed by atoms with Gasteiger partial charge in [0.25, 0.3) is 0 Å². The summed E-state index contributed by atoms with van der Waals surface area (Å²) >= 11 is 7.16. The molecule has 0 aromatic heterocycles. The van der Waals surface area contributed by atoms with E-state index in [4.69, 9.17) is 9.47 Å². The Balaban J connectivity index is 1.47. The minimum Gasteiger partial charge on any atom is -0.364 e. The zero-order valence-corrected chi connectivity index (χ0v) is 12.3. The van der Waals surface area contributed by atoms with Crippen LogP contribution < -0.4 is 5.32 Å². The van der Waals surface area contributed by atoms with Crippen LogP contribution in [-0.4, -0.2) is 36.5 Å². The van der Waals surface area contributed by atoms with Gasteiger partial charge in [0.15, 0.2) is 0 Å².